The summed E-state index contributed by atoms with van der Waals surface area (Å²) >= 11 is 0. The Balaban J connectivity index is 1.70. The van der Waals surface area contributed by atoms with Gasteiger partial charge >= 0.3 is 11.9 Å². The zero-order valence-electron chi connectivity index (χ0n) is 16.9. The molecule has 6 nitrogen and oxygen atoms in total. The zero-order chi connectivity index (χ0) is 21.0. The number of ketones is 1. The van der Waals surface area contributed by atoms with Crippen molar-refractivity contribution in [2.24, 2.45) is 5.92 Å². The minimum atomic E-state index is -1.59. The molecule has 1 unspecified atom stereocenters. The number of nitrogens with zero attached hydrogens (tertiary/aromatic N) is 1. The van der Waals surface area contributed by atoms with E-state index >= 15 is 0 Å². The van der Waals surface area contributed by atoms with Gasteiger partial charge in [0.2, 0.25) is 5.60 Å². The van der Waals surface area contributed by atoms with Crippen molar-refractivity contribution in [2.75, 3.05) is 6.61 Å². The third kappa shape index (κ3) is 2.49. The van der Waals surface area contributed by atoms with Crippen LogP contribution in [0.4, 0.5) is 0 Å². The first kappa shape index (κ1) is 18.7. The van der Waals surface area contributed by atoms with Gasteiger partial charge in [-0.05, 0) is 42.2 Å². The average Bonchev–Trinajstić information content (AvgIpc) is 3.12. The molecule has 2 aliphatic carbocycles. The second kappa shape index (κ2) is 6.62. The van der Waals surface area contributed by atoms with Crippen molar-refractivity contribution in [2.45, 2.75) is 38.7 Å². The van der Waals surface area contributed by atoms with Crippen LogP contribution in [0.15, 0.2) is 47.6 Å². The zero-order valence-corrected chi connectivity index (χ0v) is 16.9. The molecular weight excluding hydrogens is 382 g/mol. The van der Waals surface area contributed by atoms with Gasteiger partial charge in [0.1, 0.15) is 6.61 Å². The molecule has 0 radical (unpaired) electrons. The summed E-state index contributed by atoms with van der Waals surface area (Å²) in [5.74, 6) is -1.57. The van der Waals surface area contributed by atoms with E-state index in [1.165, 1.54) is 0 Å². The van der Waals surface area contributed by atoms with Crippen molar-refractivity contribution in [1.29, 1.82) is 0 Å². The van der Waals surface area contributed by atoms with E-state index in [2.05, 4.69) is 6.07 Å². The first-order chi connectivity index (χ1) is 14.5. The quantitative estimate of drug-likeness (QED) is 0.731. The number of carbonyl (C=O) groups excluding carboxylic acids is 3. The van der Waals surface area contributed by atoms with Crippen LogP contribution in [0.25, 0.3) is 16.5 Å². The maximum Gasteiger partial charge on any atom is 0.355 e. The minimum absolute atomic E-state index is 0.0811. The van der Waals surface area contributed by atoms with Gasteiger partial charge in [0.25, 0.3) is 0 Å². The van der Waals surface area contributed by atoms with Gasteiger partial charge in [-0.25, -0.2) is 9.78 Å². The second-order valence-electron chi connectivity index (χ2n) is 7.89. The van der Waals surface area contributed by atoms with Crippen LogP contribution in [0.2, 0.25) is 0 Å². The van der Waals surface area contributed by atoms with Crippen molar-refractivity contribution < 1.29 is 23.9 Å². The van der Waals surface area contributed by atoms with Gasteiger partial charge in [0.15, 0.2) is 5.78 Å². The highest BCUT2D eigenvalue weighted by Crippen LogP contribution is 2.47. The van der Waals surface area contributed by atoms with Crippen LogP contribution in [0, 0.1) is 5.92 Å². The molecule has 2 aromatic rings. The number of hydrogen-bond donors (Lipinski definition) is 0. The highest BCUT2D eigenvalue weighted by molar-refractivity contribution is 6.12. The number of hydrogen-bond acceptors (Lipinski definition) is 6. The lowest BCUT2D eigenvalue weighted by Crippen LogP contribution is -2.51. The van der Waals surface area contributed by atoms with Crippen molar-refractivity contribution in [1.82, 2.24) is 4.98 Å². The summed E-state index contributed by atoms with van der Waals surface area (Å²) in [6.07, 6.45) is 2.73. The lowest BCUT2D eigenvalue weighted by atomic mass is 9.75. The molecule has 1 aliphatic heterocycles. The Morgan fingerprint density at radius 1 is 1.27 bits per heavy atom. The summed E-state index contributed by atoms with van der Waals surface area (Å²) in [5, 5.41) is 1.03. The van der Waals surface area contributed by atoms with Crippen molar-refractivity contribution in [3.8, 4) is 0 Å². The largest absolute Gasteiger partial charge is 0.457 e. The Bertz CT molecular complexity index is 1190. The molecule has 2 atom stereocenters. The van der Waals surface area contributed by atoms with Gasteiger partial charge in [0.05, 0.1) is 17.1 Å². The molecule has 0 amide bonds. The van der Waals surface area contributed by atoms with Crippen LogP contribution >= 0.6 is 0 Å². The average molecular weight is 403 g/mol. The number of cyclic esters (lactones) is 1. The lowest BCUT2D eigenvalue weighted by Gasteiger charge is -2.38. The van der Waals surface area contributed by atoms with Gasteiger partial charge in [-0.15, -0.1) is 0 Å². The van der Waals surface area contributed by atoms with Crippen LogP contribution in [0.1, 0.15) is 37.9 Å². The number of allylic oxidation sites excluding steroid dienone is 1. The van der Waals surface area contributed by atoms with Crippen LogP contribution in [-0.2, 0) is 30.3 Å². The number of benzene rings is 1. The molecule has 0 saturated carbocycles. The van der Waals surface area contributed by atoms with E-state index in [1.54, 1.807) is 13.8 Å². The highest BCUT2D eigenvalue weighted by atomic mass is 16.6. The van der Waals surface area contributed by atoms with Crippen LogP contribution < -0.4 is 0 Å². The summed E-state index contributed by atoms with van der Waals surface area (Å²) in [6.45, 7) is 3.33. The third-order valence-electron chi connectivity index (χ3n) is 6.30. The van der Waals surface area contributed by atoms with E-state index in [-0.39, 0.29) is 31.1 Å². The number of Topliss-reactive ketones (excluding diaryl/α,β-unsaturated/α-hetero) is 1. The monoisotopic (exact) mass is 403 g/mol. The molecule has 0 spiro atoms. The summed E-state index contributed by atoms with van der Waals surface area (Å²) < 4.78 is 10.9. The molecule has 6 heteroatoms. The number of esters is 2. The van der Waals surface area contributed by atoms with Crippen molar-refractivity contribution >= 4 is 34.2 Å². The molecule has 1 aromatic heterocycles. The van der Waals surface area contributed by atoms with Gasteiger partial charge in [-0.2, -0.15) is 0 Å². The van der Waals surface area contributed by atoms with E-state index in [4.69, 9.17) is 14.5 Å². The molecule has 0 bridgehead atoms. The molecular formula is C24H21NO5. The SMILES string of the molecule is CCC(=O)O[C@]1(CC)C(=O)OCC2=C1C=C1c3nc4ccccc4cc3CC1C2=O. The predicted molar refractivity (Wildman–Crippen MR) is 109 cm³/mol. The Morgan fingerprint density at radius 2 is 2.07 bits per heavy atom. The normalized spacial score (nSPS) is 24.7. The Labute approximate surface area is 173 Å². The van der Waals surface area contributed by atoms with Gasteiger partial charge in [0, 0.05) is 23.0 Å². The second-order valence-corrected chi connectivity index (χ2v) is 7.89. The molecule has 2 heterocycles. The van der Waals surface area contributed by atoms with Gasteiger partial charge in [-0.1, -0.05) is 32.0 Å². The van der Waals surface area contributed by atoms with E-state index in [1.807, 2.05) is 30.3 Å². The van der Waals surface area contributed by atoms with E-state index in [9.17, 15) is 14.4 Å². The smallest absolute Gasteiger partial charge is 0.355 e. The number of pyridine rings is 1. The number of ether oxygens (including phenoxy) is 2. The molecule has 5 rings (SSSR count). The fourth-order valence-corrected chi connectivity index (χ4v) is 4.69. The minimum Gasteiger partial charge on any atom is -0.457 e. The van der Waals surface area contributed by atoms with Crippen LogP contribution in [-0.4, -0.2) is 34.9 Å². The van der Waals surface area contributed by atoms with Crippen LogP contribution in [0.5, 0.6) is 0 Å². The van der Waals surface area contributed by atoms with Crippen LogP contribution in [0.3, 0.4) is 0 Å². The number of aromatic nitrogens is 1. The van der Waals surface area contributed by atoms with Crippen molar-refractivity contribution in [3.63, 3.8) is 0 Å². The first-order valence-corrected chi connectivity index (χ1v) is 10.3. The number of para-hydroxylation sites is 1. The van der Waals surface area contributed by atoms with E-state index < -0.39 is 17.5 Å². The summed E-state index contributed by atoms with van der Waals surface area (Å²) in [5.41, 5.74) is 2.72. The number of rotatable bonds is 3. The molecule has 1 aromatic carbocycles. The molecule has 152 valence electrons. The fourth-order valence-electron chi connectivity index (χ4n) is 4.69. The molecule has 0 saturated heterocycles. The topological polar surface area (TPSA) is 82.6 Å². The van der Waals surface area contributed by atoms with Gasteiger partial charge in [-0.3, -0.25) is 9.59 Å². The maximum atomic E-state index is 13.4. The first-order valence-electron chi connectivity index (χ1n) is 10.3. The number of fused-ring (bicyclic) bond motifs is 4. The summed E-state index contributed by atoms with van der Waals surface area (Å²) in [6, 6.07) is 9.91. The van der Waals surface area contributed by atoms with Crippen molar-refractivity contribution in [3.05, 3.63) is 58.8 Å². The van der Waals surface area contributed by atoms with E-state index in [0.29, 0.717) is 17.6 Å². The molecule has 30 heavy (non-hydrogen) atoms. The maximum absolute atomic E-state index is 13.4. The molecule has 3 aliphatic rings. The predicted octanol–water partition coefficient (Wildman–Crippen LogP) is 3.33. The fraction of sp³-hybridized carbons (Fsp3) is 0.333. The van der Waals surface area contributed by atoms with E-state index in [0.717, 1.165) is 27.7 Å². The molecule has 0 fully saturated rings. The summed E-state index contributed by atoms with van der Waals surface area (Å²) in [7, 11) is 0. The Hall–Kier alpha value is -3.28. The molecule has 0 N–H and O–H groups in total. The summed E-state index contributed by atoms with van der Waals surface area (Å²) in [4.78, 5) is 43.2. The Morgan fingerprint density at radius 3 is 2.83 bits per heavy atom. The Kier molecular flexibility index (Phi) is 4.13. The standard InChI is InChI=1S/C24H21NO5/c1-3-20(26)30-24(4-2)18-11-15-16(22(27)17(18)12-29-23(24)28)10-14-9-13-7-5-6-8-19(13)25-21(14)15/h5-9,11,16H,3-4,10,12H2,1-2H3/t16?,24-/m0/s1. The number of carbonyl (C=O) groups is 3. The highest BCUT2D eigenvalue weighted by Gasteiger charge is 2.53. The lowest BCUT2D eigenvalue weighted by molar-refractivity contribution is -0.179. The van der Waals surface area contributed by atoms with Gasteiger partial charge < -0.3 is 9.47 Å². The third-order valence-corrected chi connectivity index (χ3v) is 6.30.